The Morgan fingerprint density at radius 2 is 1.59 bits per heavy atom. The predicted octanol–water partition coefficient (Wildman–Crippen LogP) is 4.17. The van der Waals surface area contributed by atoms with Crippen molar-refractivity contribution in [2.75, 3.05) is 0 Å². The molecule has 0 heterocycles. The van der Waals surface area contributed by atoms with Gasteiger partial charge in [0.2, 0.25) is 0 Å². The maximum atomic E-state index is 12.6. The van der Waals surface area contributed by atoms with E-state index in [-0.39, 0.29) is 6.61 Å². The van der Waals surface area contributed by atoms with Gasteiger partial charge in [-0.2, -0.15) is 0 Å². The molecule has 0 saturated carbocycles. The van der Waals surface area contributed by atoms with Crippen LogP contribution in [-0.2, 0) is 27.3 Å². The van der Waals surface area contributed by atoms with Crippen LogP contribution in [0.4, 0.5) is 4.79 Å². The summed E-state index contributed by atoms with van der Waals surface area (Å²) in [7, 11) is 0. The Balaban J connectivity index is 2.06. The molecule has 0 radical (unpaired) electrons. The van der Waals surface area contributed by atoms with Crippen molar-refractivity contribution >= 4 is 12.1 Å². The first kappa shape index (κ1) is 20.5. The molecule has 0 spiro atoms. The minimum absolute atomic E-state index is 0.153. The zero-order valence-corrected chi connectivity index (χ0v) is 16.3. The average Bonchev–Trinajstić information content (AvgIpc) is 2.60. The predicted molar refractivity (Wildman–Crippen MR) is 104 cm³/mol. The largest absolute Gasteiger partial charge is 0.459 e. The molecule has 1 amide bonds. The van der Waals surface area contributed by atoms with Crippen molar-refractivity contribution in [3.8, 4) is 0 Å². The van der Waals surface area contributed by atoms with Crippen molar-refractivity contribution in [3.05, 3.63) is 71.3 Å². The Morgan fingerprint density at radius 1 is 0.963 bits per heavy atom. The van der Waals surface area contributed by atoms with Crippen LogP contribution in [-0.4, -0.2) is 23.7 Å². The van der Waals surface area contributed by atoms with E-state index in [4.69, 9.17) is 9.47 Å². The van der Waals surface area contributed by atoms with Gasteiger partial charge in [-0.05, 0) is 38.8 Å². The lowest BCUT2D eigenvalue weighted by molar-refractivity contribution is -0.147. The van der Waals surface area contributed by atoms with Gasteiger partial charge in [-0.3, -0.25) is 0 Å². The van der Waals surface area contributed by atoms with E-state index in [9.17, 15) is 9.59 Å². The molecule has 0 fully saturated rings. The molecular formula is C22H27NO4. The van der Waals surface area contributed by atoms with Crippen molar-refractivity contribution < 1.29 is 19.1 Å². The van der Waals surface area contributed by atoms with Gasteiger partial charge < -0.3 is 14.8 Å². The molecule has 1 N–H and O–H groups in total. The number of ether oxygens (including phenoxy) is 2. The fourth-order valence-electron chi connectivity index (χ4n) is 2.43. The molecule has 144 valence electrons. The first-order valence-corrected chi connectivity index (χ1v) is 8.98. The van der Waals surface area contributed by atoms with Crippen LogP contribution < -0.4 is 5.32 Å². The Hall–Kier alpha value is -2.82. The number of carbonyl (C=O) groups excluding carboxylic acids is 2. The Labute approximate surface area is 160 Å². The van der Waals surface area contributed by atoms with Crippen LogP contribution in [0.3, 0.4) is 0 Å². The van der Waals surface area contributed by atoms with Crippen LogP contribution in [0.2, 0.25) is 0 Å². The van der Waals surface area contributed by atoms with Gasteiger partial charge in [-0.15, -0.1) is 0 Å². The fourth-order valence-corrected chi connectivity index (χ4v) is 2.43. The molecule has 0 aliphatic heterocycles. The molecule has 5 heteroatoms. The second-order valence-electron chi connectivity index (χ2n) is 7.48. The van der Waals surface area contributed by atoms with Gasteiger partial charge in [0.1, 0.15) is 18.2 Å². The number of nitrogens with one attached hydrogen (secondary N) is 1. The Morgan fingerprint density at radius 3 is 2.19 bits per heavy atom. The highest BCUT2D eigenvalue weighted by Gasteiger charge is 2.26. The van der Waals surface area contributed by atoms with E-state index in [0.717, 1.165) is 16.7 Å². The van der Waals surface area contributed by atoms with Gasteiger partial charge >= 0.3 is 12.1 Å². The number of amides is 1. The maximum Gasteiger partial charge on any atom is 0.408 e. The van der Waals surface area contributed by atoms with Crippen LogP contribution in [0.5, 0.6) is 0 Å². The summed E-state index contributed by atoms with van der Waals surface area (Å²) in [6.07, 6.45) is -0.316. The van der Waals surface area contributed by atoms with Crippen LogP contribution in [0.1, 0.15) is 37.5 Å². The maximum absolute atomic E-state index is 12.6. The van der Waals surface area contributed by atoms with Crippen LogP contribution in [0.15, 0.2) is 54.6 Å². The van der Waals surface area contributed by atoms with Crippen molar-refractivity contribution in [2.24, 2.45) is 0 Å². The lowest BCUT2D eigenvalue weighted by Crippen LogP contribution is -2.45. The first-order chi connectivity index (χ1) is 12.7. The van der Waals surface area contributed by atoms with Gasteiger partial charge in [-0.1, -0.05) is 60.2 Å². The minimum Gasteiger partial charge on any atom is -0.459 e. The van der Waals surface area contributed by atoms with Crippen LogP contribution >= 0.6 is 0 Å². The van der Waals surface area contributed by atoms with E-state index in [2.05, 4.69) is 5.32 Å². The molecule has 2 rings (SSSR count). The topological polar surface area (TPSA) is 64.6 Å². The van der Waals surface area contributed by atoms with Gasteiger partial charge in [0.15, 0.2) is 0 Å². The number of aryl methyl sites for hydroxylation is 1. The zero-order chi connectivity index (χ0) is 19.9. The van der Waals surface area contributed by atoms with E-state index in [1.807, 2.05) is 61.5 Å². The molecule has 0 aliphatic rings. The highest BCUT2D eigenvalue weighted by molar-refractivity contribution is 5.81. The van der Waals surface area contributed by atoms with Crippen molar-refractivity contribution in [1.29, 1.82) is 0 Å². The lowest BCUT2D eigenvalue weighted by atomic mass is 10.0. The summed E-state index contributed by atoms with van der Waals surface area (Å²) in [6.45, 7) is 7.47. The fraction of sp³-hybridized carbons (Fsp3) is 0.364. The molecule has 0 aromatic heterocycles. The third-order valence-corrected chi connectivity index (χ3v) is 3.76. The van der Waals surface area contributed by atoms with Gasteiger partial charge in [-0.25, -0.2) is 9.59 Å². The summed E-state index contributed by atoms with van der Waals surface area (Å²) < 4.78 is 10.7. The van der Waals surface area contributed by atoms with Gasteiger partial charge in [0.05, 0.1) is 0 Å². The molecule has 2 aromatic rings. The lowest BCUT2D eigenvalue weighted by Gasteiger charge is -2.23. The summed E-state index contributed by atoms with van der Waals surface area (Å²) in [5, 5.41) is 2.64. The number of benzene rings is 2. The van der Waals surface area contributed by atoms with E-state index in [1.54, 1.807) is 20.8 Å². The zero-order valence-electron chi connectivity index (χ0n) is 16.3. The summed E-state index contributed by atoms with van der Waals surface area (Å²) in [6, 6.07) is 16.4. The molecule has 0 bridgehead atoms. The van der Waals surface area contributed by atoms with Crippen LogP contribution in [0, 0.1) is 6.92 Å². The monoisotopic (exact) mass is 369 g/mol. The Bertz CT molecular complexity index is 748. The second-order valence-corrected chi connectivity index (χ2v) is 7.48. The number of carbonyl (C=O) groups is 2. The highest BCUT2D eigenvalue weighted by Crippen LogP contribution is 2.11. The molecular weight excluding hydrogens is 342 g/mol. The molecule has 27 heavy (non-hydrogen) atoms. The minimum atomic E-state index is -0.828. The summed E-state index contributed by atoms with van der Waals surface area (Å²) in [4.78, 5) is 24.7. The van der Waals surface area contributed by atoms with E-state index >= 15 is 0 Å². The number of hydrogen-bond acceptors (Lipinski definition) is 4. The molecule has 2 aromatic carbocycles. The second kappa shape index (κ2) is 9.21. The Kier molecular flexibility index (Phi) is 6.99. The number of esters is 1. The summed E-state index contributed by atoms with van der Waals surface area (Å²) in [5.41, 5.74) is 2.30. The normalized spacial score (nSPS) is 12.1. The quantitative estimate of drug-likeness (QED) is 0.776. The SMILES string of the molecule is Cc1ccc(CC(NC(=O)OC(C)(C)C)C(=O)OCc2ccccc2)cc1. The van der Waals surface area contributed by atoms with Crippen molar-refractivity contribution in [3.63, 3.8) is 0 Å². The molecule has 1 atom stereocenters. The van der Waals surface area contributed by atoms with Crippen molar-refractivity contribution in [1.82, 2.24) is 5.32 Å². The molecule has 0 aliphatic carbocycles. The molecule has 5 nitrogen and oxygen atoms in total. The smallest absolute Gasteiger partial charge is 0.408 e. The summed E-state index contributed by atoms with van der Waals surface area (Å²) >= 11 is 0. The average molecular weight is 369 g/mol. The first-order valence-electron chi connectivity index (χ1n) is 8.98. The van der Waals surface area contributed by atoms with Crippen LogP contribution in [0.25, 0.3) is 0 Å². The summed E-state index contributed by atoms with van der Waals surface area (Å²) in [5.74, 6) is -0.495. The van der Waals surface area contributed by atoms with E-state index in [0.29, 0.717) is 6.42 Å². The van der Waals surface area contributed by atoms with E-state index in [1.165, 1.54) is 0 Å². The number of rotatable bonds is 6. The van der Waals surface area contributed by atoms with E-state index < -0.39 is 23.7 Å². The molecule has 0 saturated heterocycles. The third kappa shape index (κ3) is 7.52. The third-order valence-electron chi connectivity index (χ3n) is 3.76. The highest BCUT2D eigenvalue weighted by atomic mass is 16.6. The number of alkyl carbamates (subject to hydrolysis) is 1. The number of hydrogen-bond donors (Lipinski definition) is 1. The van der Waals surface area contributed by atoms with Crippen molar-refractivity contribution in [2.45, 2.75) is 52.4 Å². The molecule has 1 unspecified atom stereocenters. The van der Waals surface area contributed by atoms with Gasteiger partial charge in [0.25, 0.3) is 0 Å². The van der Waals surface area contributed by atoms with Gasteiger partial charge in [0, 0.05) is 6.42 Å². The standard InChI is InChI=1S/C22H27NO4/c1-16-10-12-17(13-11-16)14-19(23-21(25)27-22(2,3)4)20(24)26-15-18-8-6-5-7-9-18/h5-13,19H,14-15H2,1-4H3,(H,23,25).